The lowest BCUT2D eigenvalue weighted by Gasteiger charge is -2.17. The standard InChI is InChI=1S/C16H18N2O3S/c1-12-6-4-7-13(10-12)16(19)17-14-8-5-9-15(11-14)18(2)22(3,20)21/h4-11H,1-3H3,(H,17,19). The summed E-state index contributed by atoms with van der Waals surface area (Å²) in [6.07, 6.45) is 1.13. The molecule has 0 unspecified atom stereocenters. The highest BCUT2D eigenvalue weighted by atomic mass is 32.2. The SMILES string of the molecule is Cc1cccc(C(=O)Nc2cccc(N(C)S(C)(=O)=O)c2)c1. The van der Waals surface area contributed by atoms with E-state index in [1.54, 1.807) is 36.4 Å². The molecular weight excluding hydrogens is 300 g/mol. The van der Waals surface area contributed by atoms with Gasteiger partial charge in [0.05, 0.1) is 11.9 Å². The van der Waals surface area contributed by atoms with Crippen molar-refractivity contribution in [2.75, 3.05) is 22.9 Å². The predicted octanol–water partition coefficient (Wildman–Crippen LogP) is 2.64. The van der Waals surface area contributed by atoms with Gasteiger partial charge in [0.1, 0.15) is 0 Å². The van der Waals surface area contributed by atoms with Crippen molar-refractivity contribution in [1.29, 1.82) is 0 Å². The number of carbonyl (C=O) groups excluding carboxylic acids is 1. The monoisotopic (exact) mass is 318 g/mol. The second kappa shape index (κ2) is 6.19. The van der Waals surface area contributed by atoms with E-state index in [9.17, 15) is 13.2 Å². The van der Waals surface area contributed by atoms with Gasteiger partial charge in [-0.25, -0.2) is 8.42 Å². The van der Waals surface area contributed by atoms with Crippen LogP contribution in [0.15, 0.2) is 48.5 Å². The van der Waals surface area contributed by atoms with Crippen molar-refractivity contribution in [1.82, 2.24) is 0 Å². The quantitative estimate of drug-likeness (QED) is 0.942. The zero-order chi connectivity index (χ0) is 16.3. The number of amides is 1. The number of sulfonamides is 1. The molecule has 2 rings (SSSR count). The van der Waals surface area contributed by atoms with Crippen LogP contribution >= 0.6 is 0 Å². The van der Waals surface area contributed by atoms with E-state index in [-0.39, 0.29) is 5.91 Å². The van der Waals surface area contributed by atoms with E-state index < -0.39 is 10.0 Å². The number of carbonyl (C=O) groups is 1. The molecule has 0 aliphatic heterocycles. The molecular formula is C16H18N2O3S. The Balaban J connectivity index is 2.22. The summed E-state index contributed by atoms with van der Waals surface area (Å²) in [5, 5.41) is 2.77. The lowest BCUT2D eigenvalue weighted by molar-refractivity contribution is 0.102. The number of nitrogens with one attached hydrogen (secondary N) is 1. The Labute approximate surface area is 130 Å². The lowest BCUT2D eigenvalue weighted by Crippen LogP contribution is -2.24. The Hall–Kier alpha value is -2.34. The molecule has 0 bridgehead atoms. The van der Waals surface area contributed by atoms with Gasteiger partial charge in [0.2, 0.25) is 10.0 Å². The summed E-state index contributed by atoms with van der Waals surface area (Å²) in [4.78, 5) is 12.2. The highest BCUT2D eigenvalue weighted by Crippen LogP contribution is 2.21. The molecule has 1 amide bonds. The number of hydrogen-bond donors (Lipinski definition) is 1. The largest absolute Gasteiger partial charge is 0.322 e. The van der Waals surface area contributed by atoms with Crippen molar-refractivity contribution in [3.05, 3.63) is 59.7 Å². The second-order valence-corrected chi connectivity index (χ2v) is 7.12. The van der Waals surface area contributed by atoms with E-state index in [4.69, 9.17) is 0 Å². The van der Waals surface area contributed by atoms with Crippen LogP contribution in [0.1, 0.15) is 15.9 Å². The molecule has 0 fully saturated rings. The van der Waals surface area contributed by atoms with Crippen LogP contribution in [0, 0.1) is 6.92 Å². The van der Waals surface area contributed by atoms with Crippen LogP contribution in [-0.2, 0) is 10.0 Å². The van der Waals surface area contributed by atoms with Gasteiger partial charge in [-0.3, -0.25) is 9.10 Å². The Morgan fingerprint density at radius 2 is 1.77 bits per heavy atom. The lowest BCUT2D eigenvalue weighted by atomic mass is 10.1. The van der Waals surface area contributed by atoms with Gasteiger partial charge in [-0.15, -0.1) is 0 Å². The maximum Gasteiger partial charge on any atom is 0.255 e. The first-order chi connectivity index (χ1) is 10.3. The Morgan fingerprint density at radius 1 is 1.09 bits per heavy atom. The van der Waals surface area contributed by atoms with Crippen molar-refractivity contribution in [3.8, 4) is 0 Å². The van der Waals surface area contributed by atoms with E-state index in [0.29, 0.717) is 16.9 Å². The summed E-state index contributed by atoms with van der Waals surface area (Å²) >= 11 is 0. The molecule has 0 aliphatic rings. The number of anilines is 2. The molecule has 5 nitrogen and oxygen atoms in total. The summed E-state index contributed by atoms with van der Waals surface area (Å²) < 4.78 is 24.3. The third-order valence-electron chi connectivity index (χ3n) is 3.25. The molecule has 0 aliphatic carbocycles. The van der Waals surface area contributed by atoms with Gasteiger partial charge in [0.25, 0.3) is 5.91 Å². The number of hydrogen-bond acceptors (Lipinski definition) is 3. The van der Waals surface area contributed by atoms with Gasteiger partial charge in [0, 0.05) is 18.3 Å². The second-order valence-electron chi connectivity index (χ2n) is 5.10. The van der Waals surface area contributed by atoms with Crippen molar-refractivity contribution >= 4 is 27.3 Å². The van der Waals surface area contributed by atoms with Crippen molar-refractivity contribution in [3.63, 3.8) is 0 Å². The van der Waals surface area contributed by atoms with Gasteiger partial charge >= 0.3 is 0 Å². The van der Waals surface area contributed by atoms with E-state index in [1.807, 2.05) is 19.1 Å². The smallest absolute Gasteiger partial charge is 0.255 e. The minimum atomic E-state index is -3.34. The van der Waals surface area contributed by atoms with E-state index in [2.05, 4.69) is 5.32 Å². The van der Waals surface area contributed by atoms with Crippen LogP contribution in [-0.4, -0.2) is 27.6 Å². The number of aryl methyl sites for hydroxylation is 1. The first-order valence-electron chi connectivity index (χ1n) is 6.69. The predicted molar refractivity (Wildman–Crippen MR) is 88.8 cm³/mol. The summed E-state index contributed by atoms with van der Waals surface area (Å²) in [6, 6.07) is 14.0. The van der Waals surface area contributed by atoms with Crippen LogP contribution in [0.5, 0.6) is 0 Å². The number of nitrogens with zero attached hydrogens (tertiary/aromatic N) is 1. The third kappa shape index (κ3) is 3.85. The Morgan fingerprint density at radius 3 is 2.41 bits per heavy atom. The zero-order valence-corrected chi connectivity index (χ0v) is 13.5. The fourth-order valence-corrected chi connectivity index (χ4v) is 2.46. The molecule has 0 spiro atoms. The Bertz CT molecular complexity index is 801. The fourth-order valence-electron chi connectivity index (χ4n) is 1.96. The highest BCUT2D eigenvalue weighted by Gasteiger charge is 2.13. The van der Waals surface area contributed by atoms with Crippen LogP contribution in [0.2, 0.25) is 0 Å². The minimum Gasteiger partial charge on any atom is -0.322 e. The van der Waals surface area contributed by atoms with E-state index in [0.717, 1.165) is 16.1 Å². The zero-order valence-electron chi connectivity index (χ0n) is 12.7. The first kappa shape index (κ1) is 16.0. The molecule has 2 aromatic carbocycles. The molecule has 2 aromatic rings. The van der Waals surface area contributed by atoms with E-state index in [1.165, 1.54) is 7.05 Å². The normalized spacial score (nSPS) is 11.0. The topological polar surface area (TPSA) is 66.5 Å². The molecule has 22 heavy (non-hydrogen) atoms. The Kier molecular flexibility index (Phi) is 4.51. The fraction of sp³-hybridized carbons (Fsp3) is 0.188. The van der Waals surface area contributed by atoms with Crippen molar-refractivity contribution < 1.29 is 13.2 Å². The van der Waals surface area contributed by atoms with Gasteiger partial charge in [-0.05, 0) is 37.3 Å². The maximum absolute atomic E-state index is 12.2. The molecule has 6 heteroatoms. The number of benzene rings is 2. The average molecular weight is 318 g/mol. The maximum atomic E-state index is 12.2. The van der Waals surface area contributed by atoms with Gasteiger partial charge < -0.3 is 5.32 Å². The van der Waals surface area contributed by atoms with Crippen molar-refractivity contribution in [2.45, 2.75) is 6.92 Å². The molecule has 116 valence electrons. The van der Waals surface area contributed by atoms with Crippen LogP contribution in [0.25, 0.3) is 0 Å². The average Bonchev–Trinajstić information content (AvgIpc) is 2.45. The number of rotatable bonds is 4. The van der Waals surface area contributed by atoms with Crippen LogP contribution in [0.4, 0.5) is 11.4 Å². The summed E-state index contributed by atoms with van der Waals surface area (Å²) in [6.45, 7) is 1.92. The minimum absolute atomic E-state index is 0.233. The van der Waals surface area contributed by atoms with Gasteiger partial charge in [-0.1, -0.05) is 23.8 Å². The molecule has 0 aromatic heterocycles. The van der Waals surface area contributed by atoms with E-state index >= 15 is 0 Å². The first-order valence-corrected chi connectivity index (χ1v) is 8.54. The molecule has 0 saturated heterocycles. The summed E-state index contributed by atoms with van der Waals surface area (Å²) in [5.74, 6) is -0.233. The molecule has 0 radical (unpaired) electrons. The molecule has 0 heterocycles. The molecule has 0 saturated carbocycles. The van der Waals surface area contributed by atoms with Crippen LogP contribution < -0.4 is 9.62 Å². The summed E-state index contributed by atoms with van der Waals surface area (Å²) in [7, 11) is -1.87. The third-order valence-corrected chi connectivity index (χ3v) is 4.45. The molecule has 1 N–H and O–H groups in total. The molecule has 0 atom stereocenters. The summed E-state index contributed by atoms with van der Waals surface area (Å²) in [5.41, 5.74) is 2.59. The van der Waals surface area contributed by atoms with Crippen LogP contribution in [0.3, 0.4) is 0 Å². The van der Waals surface area contributed by atoms with Gasteiger partial charge in [0.15, 0.2) is 0 Å². The highest BCUT2D eigenvalue weighted by molar-refractivity contribution is 7.92. The van der Waals surface area contributed by atoms with Gasteiger partial charge in [-0.2, -0.15) is 0 Å². The van der Waals surface area contributed by atoms with Crippen molar-refractivity contribution in [2.24, 2.45) is 0 Å².